The summed E-state index contributed by atoms with van der Waals surface area (Å²) < 4.78 is 6.36. The van der Waals surface area contributed by atoms with E-state index in [4.69, 9.17) is 5.10 Å². The Kier molecular flexibility index (Phi) is 6.86. The summed E-state index contributed by atoms with van der Waals surface area (Å²) >= 11 is -0.203. The van der Waals surface area contributed by atoms with Gasteiger partial charge in [-0.3, -0.25) is 9.78 Å². The van der Waals surface area contributed by atoms with Crippen LogP contribution in [0.15, 0.2) is 116 Å². The first-order valence-corrected chi connectivity index (χ1v) is 14.3. The highest BCUT2D eigenvalue weighted by atomic mass is 127. The zero-order chi connectivity index (χ0) is 25.7. The van der Waals surface area contributed by atoms with E-state index in [-0.39, 0.29) is 26.9 Å². The molecule has 38 heavy (non-hydrogen) atoms. The Labute approximate surface area is 230 Å². The van der Waals surface area contributed by atoms with Crippen molar-refractivity contribution in [2.24, 2.45) is 0 Å². The van der Waals surface area contributed by atoms with Gasteiger partial charge >= 0.3 is 0 Å². The summed E-state index contributed by atoms with van der Waals surface area (Å²) in [4.78, 5) is 21.7. The molecule has 1 aliphatic heterocycles. The Morgan fingerprint density at radius 3 is 2.68 bits per heavy atom. The van der Waals surface area contributed by atoms with Crippen LogP contribution in [-0.2, 0) is 6.54 Å². The van der Waals surface area contributed by atoms with Gasteiger partial charge in [-0.1, -0.05) is 36.4 Å². The number of hydrogen-bond acceptors (Lipinski definition) is 5. The minimum atomic E-state index is -0.203. The molecule has 186 valence electrons. The van der Waals surface area contributed by atoms with Crippen LogP contribution in [-0.4, -0.2) is 32.6 Å². The molecule has 6 rings (SSSR count). The van der Waals surface area contributed by atoms with Gasteiger partial charge in [0.1, 0.15) is 0 Å². The van der Waals surface area contributed by atoms with Gasteiger partial charge < -0.3 is 8.43 Å². The van der Waals surface area contributed by atoms with Crippen molar-refractivity contribution in [1.82, 2.24) is 22.7 Å². The average Bonchev–Trinajstić information content (AvgIpc) is 3.24. The van der Waals surface area contributed by atoms with Crippen LogP contribution in [0.1, 0.15) is 15.9 Å². The van der Waals surface area contributed by atoms with E-state index in [2.05, 4.69) is 40.8 Å². The predicted octanol–water partition coefficient (Wildman–Crippen LogP) is 6.28. The molecule has 0 bridgehead atoms. The van der Waals surface area contributed by atoms with Gasteiger partial charge in [-0.2, -0.15) is 5.10 Å². The molecule has 0 unspecified atom stereocenters. The molecule has 0 radical (unpaired) electrons. The van der Waals surface area contributed by atoms with Crippen molar-refractivity contribution in [3.8, 4) is 22.5 Å². The highest BCUT2D eigenvalue weighted by Crippen LogP contribution is 2.26. The third-order valence-electron chi connectivity index (χ3n) is 6.00. The second kappa shape index (κ2) is 10.9. The summed E-state index contributed by atoms with van der Waals surface area (Å²) in [7, 11) is 0. The molecule has 1 N–H and O–H groups in total. The minimum absolute atomic E-state index is 0.141. The molecular formula is C30H23IN6O. The standard InChI is InChI=1S/C30H23IN6O/c38-30(25-8-4-6-22(18-25)21-36-17-3-1-2-13-31-36)34-26-9-5-7-24(19-26)28-12-16-33-29-20-27(35-37(28)29)23-10-14-32-15-11-23/h1-20H,21H2,(H,34,38). The van der Waals surface area contributed by atoms with Gasteiger partial charge in [0.2, 0.25) is 0 Å². The topological polar surface area (TPSA) is 75.4 Å². The van der Waals surface area contributed by atoms with Crippen LogP contribution in [0.2, 0.25) is 0 Å². The first kappa shape index (κ1) is 23.9. The van der Waals surface area contributed by atoms with Crippen molar-refractivity contribution < 1.29 is 4.79 Å². The number of amides is 1. The molecule has 0 aliphatic carbocycles. The number of carbonyl (C=O) groups is 1. The van der Waals surface area contributed by atoms with E-state index in [0.29, 0.717) is 11.3 Å². The number of rotatable bonds is 6. The maximum atomic E-state index is 13.2. The molecule has 4 heterocycles. The Morgan fingerprint density at radius 2 is 1.76 bits per heavy atom. The Hall–Kier alpha value is -4.44. The molecule has 0 saturated heterocycles. The Bertz CT molecular complexity index is 1690. The number of anilines is 1. The Morgan fingerprint density at radius 1 is 0.868 bits per heavy atom. The normalized spacial score (nSPS) is 12.8. The average molecular weight is 610 g/mol. The number of aromatic nitrogens is 4. The minimum Gasteiger partial charge on any atom is -0.322 e. The lowest BCUT2D eigenvalue weighted by Gasteiger charge is -2.14. The fraction of sp³-hybridized carbons (Fsp3) is 0.0333. The van der Waals surface area contributed by atoms with Crippen molar-refractivity contribution in [2.45, 2.75) is 6.54 Å². The molecule has 7 nitrogen and oxygen atoms in total. The summed E-state index contributed by atoms with van der Waals surface area (Å²) in [5, 5.41) is 7.85. The predicted molar refractivity (Wildman–Crippen MR) is 160 cm³/mol. The summed E-state index contributed by atoms with van der Waals surface area (Å²) in [5.41, 5.74) is 6.80. The summed E-state index contributed by atoms with van der Waals surface area (Å²) in [6, 6.07) is 23.3. The monoisotopic (exact) mass is 610 g/mol. The zero-order valence-electron chi connectivity index (χ0n) is 20.3. The number of halogens is 1. The SMILES string of the molecule is O=C(Nc1cccc(-c2ccnc3cc(-c4ccncc4)nn23)c1)c1cccc(CN2C=CC=CC=I2)c1. The smallest absolute Gasteiger partial charge is 0.255 e. The first-order chi connectivity index (χ1) is 18.7. The van der Waals surface area contributed by atoms with Crippen LogP contribution in [0.4, 0.5) is 5.69 Å². The maximum absolute atomic E-state index is 13.2. The molecule has 1 aliphatic rings. The number of nitrogens with one attached hydrogen (secondary N) is 1. The number of benzene rings is 2. The second-order valence-electron chi connectivity index (χ2n) is 8.61. The largest absolute Gasteiger partial charge is 0.322 e. The van der Waals surface area contributed by atoms with Gasteiger partial charge in [-0.25, -0.2) is 9.50 Å². The maximum Gasteiger partial charge on any atom is 0.255 e. The van der Waals surface area contributed by atoms with Crippen molar-refractivity contribution in [1.29, 1.82) is 0 Å². The van der Waals surface area contributed by atoms with Crippen LogP contribution in [0.3, 0.4) is 0 Å². The molecule has 0 fully saturated rings. The quantitative estimate of drug-likeness (QED) is 0.181. The third-order valence-corrected chi connectivity index (χ3v) is 8.11. The van der Waals surface area contributed by atoms with Gasteiger partial charge in [0, 0.05) is 53.2 Å². The summed E-state index contributed by atoms with van der Waals surface area (Å²) in [6.07, 6.45) is 13.6. The van der Waals surface area contributed by atoms with E-state index in [1.165, 1.54) is 0 Å². The van der Waals surface area contributed by atoms with E-state index < -0.39 is 0 Å². The lowest BCUT2D eigenvalue weighted by molar-refractivity contribution is 0.102. The zero-order valence-corrected chi connectivity index (χ0v) is 22.4. The van der Waals surface area contributed by atoms with Gasteiger partial charge in [0.25, 0.3) is 5.91 Å². The second-order valence-corrected chi connectivity index (χ2v) is 11.1. The number of allylic oxidation sites excluding steroid dienone is 3. The third kappa shape index (κ3) is 5.30. The molecule has 0 spiro atoms. The number of carbonyl (C=O) groups excluding carboxylic acids is 1. The van der Waals surface area contributed by atoms with E-state index in [1.807, 2.05) is 83.4 Å². The molecule has 2 aromatic carbocycles. The summed E-state index contributed by atoms with van der Waals surface area (Å²) in [6.45, 7) is 0.780. The molecule has 1 amide bonds. The fourth-order valence-electron chi connectivity index (χ4n) is 4.20. The van der Waals surface area contributed by atoms with Crippen molar-refractivity contribution in [2.75, 3.05) is 5.32 Å². The van der Waals surface area contributed by atoms with Gasteiger partial charge in [-0.15, -0.1) is 0 Å². The molecular weight excluding hydrogens is 587 g/mol. The van der Waals surface area contributed by atoms with Crippen LogP contribution in [0.25, 0.3) is 28.2 Å². The van der Waals surface area contributed by atoms with Gasteiger partial charge in [0.05, 0.1) is 17.9 Å². The van der Waals surface area contributed by atoms with Crippen molar-refractivity contribution in [3.63, 3.8) is 0 Å². The number of fused-ring (bicyclic) bond motifs is 1. The molecule has 8 heteroatoms. The first-order valence-electron chi connectivity index (χ1n) is 12.1. The molecule has 3 aromatic heterocycles. The number of hydrogen-bond donors (Lipinski definition) is 1. The number of pyridine rings is 1. The molecule has 0 saturated carbocycles. The van der Waals surface area contributed by atoms with Gasteiger partial charge in [-0.05, 0) is 79.1 Å². The highest BCUT2D eigenvalue weighted by molar-refractivity contribution is 14.2. The van der Waals surface area contributed by atoms with E-state index in [9.17, 15) is 4.79 Å². The van der Waals surface area contributed by atoms with E-state index in [1.54, 1.807) is 18.6 Å². The Balaban J connectivity index is 1.23. The summed E-state index contributed by atoms with van der Waals surface area (Å²) in [5.74, 6) is -0.141. The van der Waals surface area contributed by atoms with Crippen LogP contribution >= 0.6 is 21.0 Å². The van der Waals surface area contributed by atoms with E-state index in [0.717, 1.165) is 40.3 Å². The lowest BCUT2D eigenvalue weighted by atomic mass is 10.1. The lowest BCUT2D eigenvalue weighted by Crippen LogP contribution is -2.13. The fourth-order valence-corrected chi connectivity index (χ4v) is 6.00. The highest BCUT2D eigenvalue weighted by Gasteiger charge is 2.12. The number of nitrogens with zero attached hydrogens (tertiary/aromatic N) is 5. The van der Waals surface area contributed by atoms with E-state index >= 15 is 0 Å². The van der Waals surface area contributed by atoms with Gasteiger partial charge in [0.15, 0.2) is 5.65 Å². The molecule has 0 atom stereocenters. The van der Waals surface area contributed by atoms with Crippen LogP contribution in [0, 0.1) is 0 Å². The molecule has 5 aromatic rings. The van der Waals surface area contributed by atoms with Crippen LogP contribution in [0.5, 0.6) is 0 Å². The van der Waals surface area contributed by atoms with Crippen LogP contribution < -0.4 is 5.32 Å². The van der Waals surface area contributed by atoms with Crippen molar-refractivity contribution >= 4 is 42.3 Å². The van der Waals surface area contributed by atoms with Crippen molar-refractivity contribution in [3.05, 3.63) is 127 Å².